The Bertz CT molecular complexity index is 761. The molecule has 0 bridgehead atoms. The summed E-state index contributed by atoms with van der Waals surface area (Å²) in [4.78, 5) is 2.39. The van der Waals surface area contributed by atoms with Crippen LogP contribution in [0.15, 0.2) is 6.07 Å². The molecule has 168 valence electrons. The van der Waals surface area contributed by atoms with E-state index in [9.17, 15) is 5.11 Å². The number of halogens is 1. The van der Waals surface area contributed by atoms with Gasteiger partial charge in [0.15, 0.2) is 11.5 Å². The minimum Gasteiger partial charge on any atom is -0.493 e. The van der Waals surface area contributed by atoms with Crippen LogP contribution in [0.1, 0.15) is 57.2 Å². The van der Waals surface area contributed by atoms with Gasteiger partial charge in [-0.1, -0.05) is 11.6 Å². The van der Waals surface area contributed by atoms with Crippen LogP contribution in [0.5, 0.6) is 11.5 Å². The van der Waals surface area contributed by atoms with Crippen LogP contribution in [-0.2, 0) is 15.9 Å². The molecule has 2 heterocycles. The van der Waals surface area contributed by atoms with Crippen LogP contribution >= 0.6 is 11.6 Å². The van der Waals surface area contributed by atoms with E-state index in [1.165, 1.54) is 0 Å². The van der Waals surface area contributed by atoms with Gasteiger partial charge in [-0.25, -0.2) is 0 Å². The first kappa shape index (κ1) is 22.2. The second-order valence-electron chi connectivity index (χ2n) is 9.54. The normalized spacial score (nSPS) is 26.8. The van der Waals surface area contributed by atoms with E-state index in [1.54, 1.807) is 7.11 Å². The number of ether oxygens (including phenoxy) is 4. The Hall–Kier alpha value is -1.05. The summed E-state index contributed by atoms with van der Waals surface area (Å²) >= 11 is 6.80. The molecule has 4 rings (SSSR count). The summed E-state index contributed by atoms with van der Waals surface area (Å²) in [7, 11) is 1.63. The topological polar surface area (TPSA) is 60.4 Å². The number of nitrogens with zero attached hydrogens (tertiary/aromatic N) is 1. The lowest BCUT2D eigenvalue weighted by molar-refractivity contribution is -0.149. The number of piperidine rings is 1. The third-order valence-corrected chi connectivity index (χ3v) is 6.41. The Morgan fingerprint density at radius 1 is 1.23 bits per heavy atom. The Morgan fingerprint density at radius 2 is 2.00 bits per heavy atom. The Morgan fingerprint density at radius 3 is 2.67 bits per heavy atom. The van der Waals surface area contributed by atoms with Crippen LogP contribution in [0.3, 0.4) is 0 Å². The molecule has 0 amide bonds. The van der Waals surface area contributed by atoms with E-state index in [1.807, 2.05) is 26.8 Å². The third kappa shape index (κ3) is 4.89. The molecular weight excluding hydrogens is 406 g/mol. The molecule has 1 aliphatic carbocycles. The average molecular weight is 440 g/mol. The maximum atomic E-state index is 10.8. The standard InChI is InChI=1S/C23H34ClNO5/c1-23(2,3)30-20-13-25-8-7-15-16(17(25)12-18(20)26)11-19(27-4)22(21(15)24)29-10-9-28-14-5-6-14/h11,14,17-18,20,26H,5-10,12-13H2,1-4H3/t17-,18-,20-/m1/s1. The van der Waals surface area contributed by atoms with E-state index in [4.69, 9.17) is 30.5 Å². The highest BCUT2D eigenvalue weighted by Gasteiger charge is 2.41. The number of benzene rings is 1. The molecule has 1 N–H and O–H groups in total. The minimum absolute atomic E-state index is 0.0993. The number of rotatable bonds is 7. The molecule has 0 spiro atoms. The summed E-state index contributed by atoms with van der Waals surface area (Å²) in [5.41, 5.74) is 1.94. The lowest BCUT2D eigenvalue weighted by Crippen LogP contribution is -2.53. The van der Waals surface area contributed by atoms with Crippen molar-refractivity contribution in [3.8, 4) is 11.5 Å². The molecule has 1 saturated heterocycles. The highest BCUT2D eigenvalue weighted by Crippen LogP contribution is 2.47. The molecule has 2 fully saturated rings. The maximum Gasteiger partial charge on any atom is 0.180 e. The summed E-state index contributed by atoms with van der Waals surface area (Å²) < 4.78 is 23.4. The van der Waals surface area contributed by atoms with Crippen molar-refractivity contribution in [1.82, 2.24) is 4.90 Å². The van der Waals surface area contributed by atoms with E-state index < -0.39 is 6.10 Å². The van der Waals surface area contributed by atoms with E-state index in [2.05, 4.69) is 4.90 Å². The van der Waals surface area contributed by atoms with Gasteiger partial charge < -0.3 is 24.1 Å². The summed E-state index contributed by atoms with van der Waals surface area (Å²) in [6.07, 6.45) is 3.45. The van der Waals surface area contributed by atoms with Crippen LogP contribution in [0.4, 0.5) is 0 Å². The zero-order valence-corrected chi connectivity index (χ0v) is 19.2. The molecule has 1 aromatic rings. The quantitative estimate of drug-likeness (QED) is 0.653. The Kier molecular flexibility index (Phi) is 6.52. The van der Waals surface area contributed by atoms with Crippen LogP contribution < -0.4 is 9.47 Å². The van der Waals surface area contributed by atoms with Crippen molar-refractivity contribution in [1.29, 1.82) is 0 Å². The lowest BCUT2D eigenvalue weighted by Gasteiger charge is -2.47. The van der Waals surface area contributed by atoms with Gasteiger partial charge in [0.1, 0.15) is 6.61 Å². The zero-order chi connectivity index (χ0) is 21.5. The third-order valence-electron chi connectivity index (χ3n) is 6.01. The predicted molar refractivity (Wildman–Crippen MR) is 116 cm³/mol. The van der Waals surface area contributed by atoms with Gasteiger partial charge in [0.2, 0.25) is 0 Å². The Balaban J connectivity index is 1.52. The van der Waals surface area contributed by atoms with Crippen molar-refractivity contribution in [3.05, 3.63) is 22.2 Å². The average Bonchev–Trinajstić information content (AvgIpc) is 3.50. The van der Waals surface area contributed by atoms with Gasteiger partial charge in [0, 0.05) is 19.1 Å². The van der Waals surface area contributed by atoms with E-state index >= 15 is 0 Å². The fourth-order valence-corrected chi connectivity index (χ4v) is 4.85. The summed E-state index contributed by atoms with van der Waals surface area (Å²) in [6, 6.07) is 2.13. The summed E-state index contributed by atoms with van der Waals surface area (Å²) in [6.45, 7) is 8.67. The molecular formula is C23H34ClNO5. The molecule has 6 nitrogen and oxygen atoms in total. The first-order valence-corrected chi connectivity index (χ1v) is 11.4. The molecule has 30 heavy (non-hydrogen) atoms. The largest absolute Gasteiger partial charge is 0.493 e. The number of aliphatic hydroxyl groups is 1. The first-order valence-electron chi connectivity index (χ1n) is 11.0. The Labute approximate surface area is 184 Å². The SMILES string of the molecule is COc1cc2c(c(Cl)c1OCCOC1CC1)CCN1C[C@@H](OC(C)(C)C)[C@H](O)C[C@H]21. The number of fused-ring (bicyclic) bond motifs is 3. The van der Waals surface area contributed by atoms with E-state index in [0.29, 0.717) is 48.8 Å². The number of hydrogen-bond acceptors (Lipinski definition) is 6. The van der Waals surface area contributed by atoms with Crippen molar-refractivity contribution in [2.75, 3.05) is 33.4 Å². The molecule has 1 saturated carbocycles. The highest BCUT2D eigenvalue weighted by molar-refractivity contribution is 6.33. The van der Waals surface area contributed by atoms with Crippen LogP contribution in [0.2, 0.25) is 5.02 Å². The number of aliphatic hydroxyl groups excluding tert-OH is 1. The first-order chi connectivity index (χ1) is 14.3. The van der Waals surface area contributed by atoms with Crippen molar-refractivity contribution in [2.24, 2.45) is 0 Å². The van der Waals surface area contributed by atoms with Crippen LogP contribution in [-0.4, -0.2) is 67.3 Å². The van der Waals surface area contributed by atoms with Crippen LogP contribution in [0, 0.1) is 0 Å². The molecule has 3 atom stereocenters. The molecule has 3 aliphatic rings. The monoisotopic (exact) mass is 439 g/mol. The second-order valence-corrected chi connectivity index (χ2v) is 9.92. The minimum atomic E-state index is -0.517. The van der Waals surface area contributed by atoms with Gasteiger partial charge in [-0.05, 0) is 63.6 Å². The highest BCUT2D eigenvalue weighted by atomic mass is 35.5. The molecule has 7 heteroatoms. The zero-order valence-electron chi connectivity index (χ0n) is 18.4. The molecule has 0 unspecified atom stereocenters. The lowest BCUT2D eigenvalue weighted by atomic mass is 9.84. The smallest absolute Gasteiger partial charge is 0.180 e. The second kappa shape index (κ2) is 8.83. The van der Waals surface area contributed by atoms with E-state index in [-0.39, 0.29) is 17.7 Å². The van der Waals surface area contributed by atoms with Crippen molar-refractivity contribution >= 4 is 11.6 Å². The summed E-state index contributed by atoms with van der Waals surface area (Å²) in [5, 5.41) is 11.4. The van der Waals surface area contributed by atoms with Crippen molar-refractivity contribution in [2.45, 2.75) is 76.4 Å². The van der Waals surface area contributed by atoms with Gasteiger partial charge in [0.05, 0.1) is 42.7 Å². The number of hydrogen-bond donors (Lipinski definition) is 1. The van der Waals surface area contributed by atoms with Gasteiger partial charge in [-0.2, -0.15) is 0 Å². The number of methoxy groups -OCH3 is 1. The summed E-state index contributed by atoms with van der Waals surface area (Å²) in [5.74, 6) is 1.23. The molecule has 2 aliphatic heterocycles. The van der Waals surface area contributed by atoms with Gasteiger partial charge in [0.25, 0.3) is 0 Å². The van der Waals surface area contributed by atoms with Crippen molar-refractivity contribution in [3.63, 3.8) is 0 Å². The molecule has 1 aromatic carbocycles. The maximum absolute atomic E-state index is 10.8. The van der Waals surface area contributed by atoms with Gasteiger partial charge in [-0.3, -0.25) is 4.90 Å². The van der Waals surface area contributed by atoms with Gasteiger partial charge in [-0.15, -0.1) is 0 Å². The predicted octanol–water partition coefficient (Wildman–Crippen LogP) is 3.75. The van der Waals surface area contributed by atoms with E-state index in [0.717, 1.165) is 36.9 Å². The molecule has 0 radical (unpaired) electrons. The molecule has 0 aromatic heterocycles. The van der Waals surface area contributed by atoms with Crippen LogP contribution in [0.25, 0.3) is 0 Å². The van der Waals surface area contributed by atoms with Crippen molar-refractivity contribution < 1.29 is 24.1 Å². The fourth-order valence-electron chi connectivity index (χ4n) is 4.50. The van der Waals surface area contributed by atoms with Gasteiger partial charge >= 0.3 is 0 Å². The fraction of sp³-hybridized carbons (Fsp3) is 0.739.